The Labute approximate surface area is 95.8 Å². The first kappa shape index (κ1) is 11.3. The molecule has 0 amide bonds. The van der Waals surface area contributed by atoms with E-state index in [0.29, 0.717) is 6.04 Å². The fraction of sp³-hybridized carbons (Fsp3) is 0.636. The zero-order chi connectivity index (χ0) is 11.4. The van der Waals surface area contributed by atoms with Crippen LogP contribution in [0.3, 0.4) is 0 Å². The average Bonchev–Trinajstić information content (AvgIpc) is 2.30. The molecule has 16 heavy (non-hydrogen) atoms. The van der Waals surface area contributed by atoms with E-state index >= 15 is 0 Å². The summed E-state index contributed by atoms with van der Waals surface area (Å²) in [7, 11) is 1.95. The number of aromatic nitrogens is 2. The quantitative estimate of drug-likeness (QED) is 0.792. The van der Waals surface area contributed by atoms with Gasteiger partial charge in [0.25, 0.3) is 0 Å². The predicted octanol–water partition coefficient (Wildman–Crippen LogP) is 0.210. The smallest absolute Gasteiger partial charge is 0.225 e. The maximum Gasteiger partial charge on any atom is 0.225 e. The first-order valence-corrected chi connectivity index (χ1v) is 5.60. The molecule has 1 unspecified atom stereocenters. The Kier molecular flexibility index (Phi) is 3.69. The van der Waals surface area contributed by atoms with Crippen LogP contribution in [-0.2, 0) is 4.74 Å². The number of ether oxygens (including phenoxy) is 1. The number of likely N-dealkylation sites (N-methyl/N-ethyl adjacent to an activating group) is 1. The van der Waals surface area contributed by atoms with Crippen molar-refractivity contribution in [2.75, 3.05) is 38.3 Å². The van der Waals surface area contributed by atoms with Crippen LogP contribution < -0.4 is 10.2 Å². The SMILES string of the molecule is CNCC1COCCN1c1nccc(C)n1. The number of nitrogens with one attached hydrogen (secondary N) is 1. The fourth-order valence-corrected chi connectivity index (χ4v) is 1.90. The number of hydrogen-bond donors (Lipinski definition) is 1. The van der Waals surface area contributed by atoms with Crippen LogP contribution in [0.15, 0.2) is 12.3 Å². The van der Waals surface area contributed by atoms with E-state index in [1.807, 2.05) is 26.2 Å². The van der Waals surface area contributed by atoms with E-state index < -0.39 is 0 Å². The van der Waals surface area contributed by atoms with Crippen LogP contribution in [0.2, 0.25) is 0 Å². The van der Waals surface area contributed by atoms with Crippen molar-refractivity contribution in [2.45, 2.75) is 13.0 Å². The van der Waals surface area contributed by atoms with Crippen molar-refractivity contribution in [1.82, 2.24) is 15.3 Å². The standard InChI is InChI=1S/C11H18N4O/c1-9-3-4-13-11(14-9)15-5-6-16-8-10(15)7-12-2/h3-4,10,12H,5-8H2,1-2H3. The third-order valence-corrected chi connectivity index (χ3v) is 2.71. The van der Waals surface area contributed by atoms with Crippen LogP contribution >= 0.6 is 0 Å². The van der Waals surface area contributed by atoms with E-state index in [2.05, 4.69) is 20.2 Å². The second kappa shape index (κ2) is 5.23. The fourth-order valence-electron chi connectivity index (χ4n) is 1.90. The van der Waals surface area contributed by atoms with E-state index in [0.717, 1.165) is 37.9 Å². The number of anilines is 1. The van der Waals surface area contributed by atoms with Gasteiger partial charge in [-0.2, -0.15) is 0 Å². The van der Waals surface area contributed by atoms with Crippen LogP contribution in [0.1, 0.15) is 5.69 Å². The maximum atomic E-state index is 5.48. The number of hydrogen-bond acceptors (Lipinski definition) is 5. The summed E-state index contributed by atoms with van der Waals surface area (Å²) in [5.74, 6) is 0.809. The Balaban J connectivity index is 2.16. The van der Waals surface area contributed by atoms with E-state index in [4.69, 9.17) is 4.74 Å². The summed E-state index contributed by atoms with van der Waals surface area (Å²) in [6, 6.07) is 2.23. The normalized spacial score (nSPS) is 21.1. The summed E-state index contributed by atoms with van der Waals surface area (Å²) in [5, 5.41) is 3.17. The molecule has 2 rings (SSSR count). The largest absolute Gasteiger partial charge is 0.377 e. The lowest BCUT2D eigenvalue weighted by atomic mass is 10.2. The lowest BCUT2D eigenvalue weighted by molar-refractivity contribution is 0.0934. The van der Waals surface area contributed by atoms with Gasteiger partial charge >= 0.3 is 0 Å². The predicted molar refractivity (Wildman–Crippen MR) is 62.6 cm³/mol. The zero-order valence-corrected chi connectivity index (χ0v) is 9.81. The van der Waals surface area contributed by atoms with Gasteiger partial charge in [-0.15, -0.1) is 0 Å². The van der Waals surface area contributed by atoms with Gasteiger partial charge in [0.05, 0.1) is 19.3 Å². The third-order valence-electron chi connectivity index (χ3n) is 2.71. The molecule has 5 heteroatoms. The highest BCUT2D eigenvalue weighted by molar-refractivity contribution is 5.32. The molecule has 2 heterocycles. The Morgan fingerprint density at radius 3 is 3.25 bits per heavy atom. The van der Waals surface area contributed by atoms with Gasteiger partial charge in [-0.25, -0.2) is 9.97 Å². The number of nitrogens with zero attached hydrogens (tertiary/aromatic N) is 3. The van der Waals surface area contributed by atoms with Crippen LogP contribution in [0, 0.1) is 6.92 Å². The summed E-state index contributed by atoms with van der Waals surface area (Å²) in [6.07, 6.45) is 1.81. The monoisotopic (exact) mass is 222 g/mol. The van der Waals surface area contributed by atoms with Gasteiger partial charge in [0, 0.05) is 25.0 Å². The topological polar surface area (TPSA) is 50.3 Å². The molecule has 1 aliphatic rings. The van der Waals surface area contributed by atoms with Crippen molar-refractivity contribution in [3.8, 4) is 0 Å². The van der Waals surface area contributed by atoms with E-state index in [1.165, 1.54) is 0 Å². The van der Waals surface area contributed by atoms with Crippen LogP contribution in [-0.4, -0.2) is 49.4 Å². The molecule has 0 bridgehead atoms. The summed E-state index contributed by atoms with van der Waals surface area (Å²) in [5.41, 5.74) is 1.000. The zero-order valence-electron chi connectivity index (χ0n) is 9.81. The Morgan fingerprint density at radius 2 is 2.50 bits per heavy atom. The molecular weight excluding hydrogens is 204 g/mol. The third kappa shape index (κ3) is 2.48. The first-order chi connectivity index (χ1) is 7.81. The molecule has 0 spiro atoms. The summed E-state index contributed by atoms with van der Waals surface area (Å²) in [6.45, 7) is 5.21. The minimum Gasteiger partial charge on any atom is -0.377 e. The lowest BCUT2D eigenvalue weighted by Crippen LogP contribution is -2.50. The minimum atomic E-state index is 0.320. The molecule has 0 radical (unpaired) electrons. The molecule has 1 aliphatic heterocycles. The lowest BCUT2D eigenvalue weighted by Gasteiger charge is -2.35. The summed E-state index contributed by atoms with van der Waals surface area (Å²) >= 11 is 0. The molecular formula is C11H18N4O. The van der Waals surface area contributed by atoms with Gasteiger partial charge in [0.1, 0.15) is 0 Å². The molecule has 88 valence electrons. The van der Waals surface area contributed by atoms with Crippen LogP contribution in [0.25, 0.3) is 0 Å². The second-order valence-corrected chi connectivity index (χ2v) is 3.98. The van der Waals surface area contributed by atoms with Crippen molar-refractivity contribution in [3.63, 3.8) is 0 Å². The Hall–Kier alpha value is -1.20. The van der Waals surface area contributed by atoms with Crippen LogP contribution in [0.4, 0.5) is 5.95 Å². The van der Waals surface area contributed by atoms with Gasteiger partial charge in [-0.3, -0.25) is 0 Å². The van der Waals surface area contributed by atoms with Gasteiger partial charge in [0.2, 0.25) is 5.95 Å². The highest BCUT2D eigenvalue weighted by atomic mass is 16.5. The van der Waals surface area contributed by atoms with Gasteiger partial charge in [-0.1, -0.05) is 0 Å². The highest BCUT2D eigenvalue weighted by Crippen LogP contribution is 2.14. The van der Waals surface area contributed by atoms with Gasteiger partial charge in [0.15, 0.2) is 0 Å². The molecule has 0 aliphatic carbocycles. The van der Waals surface area contributed by atoms with E-state index in [-0.39, 0.29) is 0 Å². The van der Waals surface area contributed by atoms with Gasteiger partial charge < -0.3 is 15.0 Å². The van der Waals surface area contributed by atoms with Gasteiger partial charge in [-0.05, 0) is 20.0 Å². The van der Waals surface area contributed by atoms with Crippen molar-refractivity contribution in [2.24, 2.45) is 0 Å². The second-order valence-electron chi connectivity index (χ2n) is 3.98. The molecule has 1 saturated heterocycles. The number of morpholine rings is 1. The minimum absolute atomic E-state index is 0.320. The summed E-state index contributed by atoms with van der Waals surface area (Å²) < 4.78 is 5.48. The van der Waals surface area contributed by atoms with E-state index in [9.17, 15) is 0 Å². The van der Waals surface area contributed by atoms with E-state index in [1.54, 1.807) is 0 Å². The molecule has 1 atom stereocenters. The molecule has 0 aromatic carbocycles. The first-order valence-electron chi connectivity index (χ1n) is 5.60. The van der Waals surface area contributed by atoms with Crippen molar-refractivity contribution >= 4 is 5.95 Å². The Morgan fingerprint density at radius 1 is 1.62 bits per heavy atom. The molecule has 1 fully saturated rings. The number of aryl methyl sites for hydroxylation is 1. The highest BCUT2D eigenvalue weighted by Gasteiger charge is 2.24. The molecule has 1 aromatic heterocycles. The van der Waals surface area contributed by atoms with Crippen molar-refractivity contribution in [3.05, 3.63) is 18.0 Å². The summed E-state index contributed by atoms with van der Waals surface area (Å²) in [4.78, 5) is 11.0. The number of rotatable bonds is 3. The molecule has 1 N–H and O–H groups in total. The van der Waals surface area contributed by atoms with Crippen molar-refractivity contribution in [1.29, 1.82) is 0 Å². The van der Waals surface area contributed by atoms with Crippen molar-refractivity contribution < 1.29 is 4.74 Å². The average molecular weight is 222 g/mol. The Bertz CT molecular complexity index is 343. The molecule has 0 saturated carbocycles. The van der Waals surface area contributed by atoms with Crippen LogP contribution in [0.5, 0.6) is 0 Å². The maximum absolute atomic E-state index is 5.48. The molecule has 5 nitrogen and oxygen atoms in total. The molecule has 1 aromatic rings.